The number of benzene rings is 2. The summed E-state index contributed by atoms with van der Waals surface area (Å²) in [5, 5.41) is 6.71. The second-order valence-corrected chi connectivity index (χ2v) is 6.63. The number of methoxy groups -OCH3 is 1. The fourth-order valence-corrected chi connectivity index (χ4v) is 2.85. The maximum absolute atomic E-state index is 5.96. The molecule has 0 heterocycles. The third-order valence-electron chi connectivity index (χ3n) is 4.36. The van der Waals surface area contributed by atoms with E-state index in [0.717, 1.165) is 35.0 Å². The van der Waals surface area contributed by atoms with Gasteiger partial charge in [0.25, 0.3) is 0 Å². The average Bonchev–Trinajstić information content (AvgIpc) is 2.73. The fourth-order valence-electron chi connectivity index (χ4n) is 2.85. The Morgan fingerprint density at radius 2 is 1.66 bits per heavy atom. The summed E-state index contributed by atoms with van der Waals surface area (Å²) < 4.78 is 16.7. The van der Waals surface area contributed by atoms with E-state index in [9.17, 15) is 0 Å². The van der Waals surface area contributed by atoms with Crippen LogP contribution in [-0.2, 0) is 17.8 Å². The van der Waals surface area contributed by atoms with E-state index in [-0.39, 0.29) is 0 Å². The number of nitrogens with one attached hydrogen (secondary N) is 2. The Bertz CT molecular complexity index is 778. The molecule has 0 spiro atoms. The van der Waals surface area contributed by atoms with E-state index in [0.29, 0.717) is 32.9 Å². The number of hydrogen-bond donors (Lipinski definition) is 2. The summed E-state index contributed by atoms with van der Waals surface area (Å²) in [6.45, 7) is 7.27. The van der Waals surface area contributed by atoms with Gasteiger partial charge in [0, 0.05) is 51.4 Å². The molecular formula is C23H33N3O3. The quantitative estimate of drug-likeness (QED) is 0.343. The van der Waals surface area contributed by atoms with Crippen molar-refractivity contribution in [3.63, 3.8) is 0 Å². The number of guanidine groups is 1. The standard InChI is InChI=1S/C23H33N3O3/c1-5-28-21-10-7-6-9-19(21)16-25-23(24-3)26-17-20-12-11-18(2)15-22(20)29-14-8-13-27-4/h6-7,9-12,15H,5,8,13-14,16-17H2,1-4H3,(H2,24,25,26). The van der Waals surface area contributed by atoms with Crippen LogP contribution in [0.25, 0.3) is 0 Å². The second-order valence-electron chi connectivity index (χ2n) is 6.63. The lowest BCUT2D eigenvalue weighted by atomic mass is 10.1. The zero-order valence-corrected chi connectivity index (χ0v) is 18.0. The molecule has 2 aromatic rings. The molecular weight excluding hydrogens is 366 g/mol. The zero-order valence-electron chi connectivity index (χ0n) is 18.0. The third kappa shape index (κ3) is 7.66. The number of para-hydroxylation sites is 1. The summed E-state index contributed by atoms with van der Waals surface area (Å²) in [5.41, 5.74) is 3.35. The number of ether oxygens (including phenoxy) is 3. The molecule has 0 aliphatic rings. The Balaban J connectivity index is 1.94. The van der Waals surface area contributed by atoms with Crippen molar-refractivity contribution in [1.29, 1.82) is 0 Å². The van der Waals surface area contributed by atoms with Crippen molar-refractivity contribution in [3.8, 4) is 11.5 Å². The third-order valence-corrected chi connectivity index (χ3v) is 4.36. The molecule has 0 aliphatic heterocycles. The molecule has 0 fully saturated rings. The summed E-state index contributed by atoms with van der Waals surface area (Å²) >= 11 is 0. The van der Waals surface area contributed by atoms with Gasteiger partial charge in [0.05, 0.1) is 13.2 Å². The Hall–Kier alpha value is -2.73. The second kappa shape index (κ2) is 12.7. The van der Waals surface area contributed by atoms with Crippen molar-refractivity contribution in [1.82, 2.24) is 10.6 Å². The van der Waals surface area contributed by atoms with Crippen LogP contribution in [0.3, 0.4) is 0 Å². The molecule has 6 heteroatoms. The Morgan fingerprint density at radius 1 is 0.931 bits per heavy atom. The molecule has 0 radical (unpaired) electrons. The summed E-state index contributed by atoms with van der Waals surface area (Å²) in [5.74, 6) is 2.51. The molecule has 2 rings (SSSR count). The van der Waals surface area contributed by atoms with Crippen LogP contribution < -0.4 is 20.1 Å². The summed E-state index contributed by atoms with van der Waals surface area (Å²) in [4.78, 5) is 4.32. The Labute approximate surface area is 174 Å². The number of nitrogens with zero attached hydrogens (tertiary/aromatic N) is 1. The van der Waals surface area contributed by atoms with Gasteiger partial charge in [0.2, 0.25) is 0 Å². The molecule has 0 aliphatic carbocycles. The lowest BCUT2D eigenvalue weighted by molar-refractivity contribution is 0.171. The van der Waals surface area contributed by atoms with E-state index in [1.54, 1.807) is 14.2 Å². The molecule has 0 unspecified atom stereocenters. The van der Waals surface area contributed by atoms with Crippen LogP contribution in [-0.4, -0.2) is 39.9 Å². The monoisotopic (exact) mass is 399 g/mol. The van der Waals surface area contributed by atoms with Crippen LogP contribution in [0.5, 0.6) is 11.5 Å². The van der Waals surface area contributed by atoms with E-state index in [1.165, 1.54) is 5.56 Å². The van der Waals surface area contributed by atoms with Crippen molar-refractivity contribution in [2.24, 2.45) is 4.99 Å². The highest BCUT2D eigenvalue weighted by Crippen LogP contribution is 2.21. The Morgan fingerprint density at radius 3 is 2.34 bits per heavy atom. The van der Waals surface area contributed by atoms with Gasteiger partial charge in [0.15, 0.2) is 5.96 Å². The minimum atomic E-state index is 0.618. The molecule has 0 aromatic heterocycles. The predicted molar refractivity (Wildman–Crippen MR) is 118 cm³/mol. The first-order valence-corrected chi connectivity index (χ1v) is 10.0. The van der Waals surface area contributed by atoms with Gasteiger partial charge in [-0.25, -0.2) is 0 Å². The maximum atomic E-state index is 5.96. The van der Waals surface area contributed by atoms with E-state index < -0.39 is 0 Å². The number of aliphatic imine (C=N–C) groups is 1. The van der Waals surface area contributed by atoms with Crippen LogP contribution in [0.4, 0.5) is 0 Å². The van der Waals surface area contributed by atoms with E-state index in [1.807, 2.05) is 25.1 Å². The maximum Gasteiger partial charge on any atom is 0.191 e. The fraction of sp³-hybridized carbons (Fsp3) is 0.435. The molecule has 6 nitrogen and oxygen atoms in total. The van der Waals surface area contributed by atoms with Crippen molar-refractivity contribution < 1.29 is 14.2 Å². The van der Waals surface area contributed by atoms with Gasteiger partial charge in [-0.15, -0.1) is 0 Å². The SMILES string of the molecule is CCOc1ccccc1CNC(=NC)NCc1ccc(C)cc1OCCCOC. The molecule has 0 atom stereocenters. The lowest BCUT2D eigenvalue weighted by Crippen LogP contribution is -2.36. The molecule has 2 aromatic carbocycles. The van der Waals surface area contributed by atoms with Crippen molar-refractivity contribution in [2.45, 2.75) is 33.4 Å². The molecule has 0 saturated heterocycles. The van der Waals surface area contributed by atoms with Crippen molar-refractivity contribution in [3.05, 3.63) is 59.2 Å². The zero-order chi connectivity index (χ0) is 20.9. The van der Waals surface area contributed by atoms with Gasteiger partial charge in [0.1, 0.15) is 11.5 Å². The molecule has 0 bridgehead atoms. The molecule has 2 N–H and O–H groups in total. The Kier molecular flexibility index (Phi) is 9.86. The smallest absolute Gasteiger partial charge is 0.191 e. The normalized spacial score (nSPS) is 11.2. The van der Waals surface area contributed by atoms with Crippen LogP contribution in [0.15, 0.2) is 47.5 Å². The summed E-state index contributed by atoms with van der Waals surface area (Å²) in [7, 11) is 3.47. The molecule has 158 valence electrons. The summed E-state index contributed by atoms with van der Waals surface area (Å²) in [6.07, 6.45) is 0.861. The lowest BCUT2D eigenvalue weighted by Gasteiger charge is -2.16. The minimum absolute atomic E-state index is 0.618. The highest BCUT2D eigenvalue weighted by molar-refractivity contribution is 5.79. The van der Waals surface area contributed by atoms with Gasteiger partial charge in [-0.2, -0.15) is 0 Å². The topological polar surface area (TPSA) is 64.1 Å². The first kappa shape index (κ1) is 22.6. The van der Waals surface area contributed by atoms with Crippen LogP contribution in [0.2, 0.25) is 0 Å². The van der Waals surface area contributed by atoms with Crippen LogP contribution in [0, 0.1) is 6.92 Å². The van der Waals surface area contributed by atoms with E-state index in [2.05, 4.69) is 46.8 Å². The van der Waals surface area contributed by atoms with Crippen molar-refractivity contribution in [2.75, 3.05) is 34.0 Å². The van der Waals surface area contributed by atoms with Crippen LogP contribution >= 0.6 is 0 Å². The minimum Gasteiger partial charge on any atom is -0.494 e. The number of hydrogen-bond acceptors (Lipinski definition) is 4. The molecule has 0 amide bonds. The van der Waals surface area contributed by atoms with Gasteiger partial charge in [-0.3, -0.25) is 4.99 Å². The summed E-state index contributed by atoms with van der Waals surface area (Å²) in [6, 6.07) is 14.3. The highest BCUT2D eigenvalue weighted by atomic mass is 16.5. The molecule has 29 heavy (non-hydrogen) atoms. The average molecular weight is 400 g/mol. The van der Waals surface area contributed by atoms with E-state index >= 15 is 0 Å². The first-order valence-electron chi connectivity index (χ1n) is 10.0. The predicted octanol–water partition coefficient (Wildman–Crippen LogP) is 3.67. The van der Waals surface area contributed by atoms with Crippen molar-refractivity contribution >= 4 is 5.96 Å². The van der Waals surface area contributed by atoms with Gasteiger partial charge >= 0.3 is 0 Å². The highest BCUT2D eigenvalue weighted by Gasteiger charge is 2.07. The van der Waals surface area contributed by atoms with E-state index in [4.69, 9.17) is 14.2 Å². The van der Waals surface area contributed by atoms with Gasteiger partial charge in [-0.05, 0) is 31.5 Å². The number of aryl methyl sites for hydroxylation is 1. The first-order chi connectivity index (χ1) is 14.2. The van der Waals surface area contributed by atoms with Crippen LogP contribution in [0.1, 0.15) is 30.0 Å². The number of rotatable bonds is 11. The van der Waals surface area contributed by atoms with Gasteiger partial charge < -0.3 is 24.8 Å². The molecule has 0 saturated carbocycles. The van der Waals surface area contributed by atoms with Gasteiger partial charge in [-0.1, -0.05) is 30.3 Å². The largest absolute Gasteiger partial charge is 0.494 e.